The highest BCUT2D eigenvalue weighted by Gasteiger charge is 2.22. The van der Waals surface area contributed by atoms with Crippen molar-refractivity contribution in [1.82, 2.24) is 10.7 Å². The molecule has 0 spiro atoms. The summed E-state index contributed by atoms with van der Waals surface area (Å²) in [6.45, 7) is 5.61. The molecule has 2 aromatic carbocycles. The van der Waals surface area contributed by atoms with Crippen molar-refractivity contribution in [3.8, 4) is 17.2 Å². The topological polar surface area (TPSA) is 109 Å². The number of aromatic hydroxyl groups is 1. The van der Waals surface area contributed by atoms with Gasteiger partial charge in [0, 0.05) is 0 Å². The smallest absolute Gasteiger partial charge is 0.262 e. The molecule has 0 bridgehead atoms. The Morgan fingerprint density at radius 2 is 1.94 bits per heavy atom. The fourth-order valence-corrected chi connectivity index (χ4v) is 3.33. The van der Waals surface area contributed by atoms with Gasteiger partial charge < -0.3 is 19.9 Å². The van der Waals surface area contributed by atoms with Gasteiger partial charge in [-0.2, -0.15) is 5.10 Å². The summed E-state index contributed by atoms with van der Waals surface area (Å²) in [6, 6.07) is 9.83. The third-order valence-corrected chi connectivity index (χ3v) is 5.07. The summed E-state index contributed by atoms with van der Waals surface area (Å²) in [4.78, 5) is 25.0. The second-order valence-corrected chi connectivity index (χ2v) is 8.45. The number of hydrazone groups is 1. The van der Waals surface area contributed by atoms with Gasteiger partial charge in [-0.15, -0.1) is 0 Å². The van der Waals surface area contributed by atoms with E-state index in [1.165, 1.54) is 13.3 Å². The highest BCUT2D eigenvalue weighted by atomic mass is 79.9. The van der Waals surface area contributed by atoms with E-state index in [0.29, 0.717) is 22.2 Å². The van der Waals surface area contributed by atoms with Crippen LogP contribution in [0.25, 0.3) is 0 Å². The van der Waals surface area contributed by atoms with Crippen LogP contribution < -0.4 is 20.2 Å². The molecular weight excluding hydrogens is 478 g/mol. The predicted octanol–water partition coefficient (Wildman–Crippen LogP) is 3.53. The van der Waals surface area contributed by atoms with Crippen LogP contribution in [0.2, 0.25) is 0 Å². The molecule has 0 aliphatic carbocycles. The molecule has 0 unspecified atom stereocenters. The minimum Gasteiger partial charge on any atom is -0.503 e. The largest absolute Gasteiger partial charge is 0.503 e. The highest BCUT2D eigenvalue weighted by molar-refractivity contribution is 9.10. The van der Waals surface area contributed by atoms with Gasteiger partial charge in [0.1, 0.15) is 11.8 Å². The summed E-state index contributed by atoms with van der Waals surface area (Å²) in [7, 11) is 1.44. The number of aryl methyl sites for hydroxylation is 1. The van der Waals surface area contributed by atoms with E-state index in [2.05, 4.69) is 31.8 Å². The van der Waals surface area contributed by atoms with Crippen molar-refractivity contribution in [1.29, 1.82) is 0 Å². The van der Waals surface area contributed by atoms with Crippen LogP contribution in [0, 0.1) is 12.8 Å². The number of carbonyl (C=O) groups is 2. The van der Waals surface area contributed by atoms with Crippen molar-refractivity contribution in [2.75, 3.05) is 13.7 Å². The molecule has 0 heterocycles. The molecule has 0 saturated heterocycles. The summed E-state index contributed by atoms with van der Waals surface area (Å²) in [5, 5.41) is 16.5. The van der Waals surface area contributed by atoms with Crippen LogP contribution in [-0.4, -0.2) is 42.9 Å². The summed E-state index contributed by atoms with van der Waals surface area (Å²) < 4.78 is 11.1. The number of phenols is 1. The summed E-state index contributed by atoms with van der Waals surface area (Å²) in [6.07, 6.45) is 1.86. The first-order chi connectivity index (χ1) is 15.2. The molecule has 172 valence electrons. The molecule has 0 aliphatic rings. The monoisotopic (exact) mass is 505 g/mol. The molecule has 0 aromatic heterocycles. The third kappa shape index (κ3) is 7.56. The van der Waals surface area contributed by atoms with E-state index in [-0.39, 0.29) is 24.0 Å². The van der Waals surface area contributed by atoms with Gasteiger partial charge in [-0.05, 0) is 64.5 Å². The van der Waals surface area contributed by atoms with Gasteiger partial charge >= 0.3 is 0 Å². The number of ether oxygens (including phenoxy) is 2. The third-order valence-electron chi connectivity index (χ3n) is 4.47. The fourth-order valence-electron chi connectivity index (χ4n) is 2.87. The van der Waals surface area contributed by atoms with Crippen LogP contribution in [0.3, 0.4) is 0 Å². The highest BCUT2D eigenvalue weighted by Crippen LogP contribution is 2.34. The number of nitrogens with one attached hydrogen (secondary N) is 2. The number of nitrogens with zero attached hydrogens (tertiary/aromatic N) is 1. The number of hydrogen-bond acceptors (Lipinski definition) is 6. The molecule has 1 atom stereocenters. The van der Waals surface area contributed by atoms with Crippen molar-refractivity contribution < 1.29 is 24.2 Å². The maximum atomic E-state index is 12.6. The van der Waals surface area contributed by atoms with Crippen LogP contribution in [-0.2, 0) is 9.59 Å². The first kappa shape index (κ1) is 25.2. The Morgan fingerprint density at radius 1 is 1.22 bits per heavy atom. The quantitative estimate of drug-likeness (QED) is 0.338. The number of benzene rings is 2. The zero-order valence-electron chi connectivity index (χ0n) is 18.5. The molecule has 0 radical (unpaired) electrons. The maximum absolute atomic E-state index is 12.6. The summed E-state index contributed by atoms with van der Waals surface area (Å²) >= 11 is 3.23. The Kier molecular flexibility index (Phi) is 9.52. The fraction of sp³-hybridized carbons (Fsp3) is 0.348. The number of halogens is 1. The molecule has 32 heavy (non-hydrogen) atoms. The van der Waals surface area contributed by atoms with Gasteiger partial charge in [-0.25, -0.2) is 5.43 Å². The second-order valence-electron chi connectivity index (χ2n) is 7.59. The molecule has 8 nitrogen and oxygen atoms in total. The molecule has 2 aromatic rings. The van der Waals surface area contributed by atoms with E-state index >= 15 is 0 Å². The summed E-state index contributed by atoms with van der Waals surface area (Å²) in [5.74, 6) is 0.193. The number of carbonyl (C=O) groups excluding carboxylic acids is 2. The lowest BCUT2D eigenvalue weighted by atomic mass is 10.0. The lowest BCUT2D eigenvalue weighted by molar-refractivity contribution is -0.130. The minimum atomic E-state index is -0.763. The van der Waals surface area contributed by atoms with Crippen LogP contribution in [0.1, 0.15) is 31.4 Å². The Balaban J connectivity index is 1.98. The van der Waals surface area contributed by atoms with Crippen LogP contribution >= 0.6 is 15.9 Å². The molecule has 2 amide bonds. The van der Waals surface area contributed by atoms with Crippen LogP contribution in [0.15, 0.2) is 46.0 Å². The van der Waals surface area contributed by atoms with Crippen molar-refractivity contribution in [3.05, 3.63) is 52.0 Å². The normalized spacial score (nSPS) is 11.9. The van der Waals surface area contributed by atoms with Gasteiger partial charge in [-0.1, -0.05) is 32.0 Å². The van der Waals surface area contributed by atoms with E-state index in [0.717, 1.165) is 5.56 Å². The first-order valence-corrected chi connectivity index (χ1v) is 10.9. The van der Waals surface area contributed by atoms with E-state index in [1.807, 2.05) is 39.0 Å². The molecule has 3 N–H and O–H groups in total. The zero-order chi connectivity index (χ0) is 23.7. The standard InChI is InChI=1S/C23H28BrN3O5/c1-14(2)9-18(26-21(28)13-32-19-8-6-5-7-15(19)3)23(30)27-25-12-16-10-17(24)22(29)20(11-16)31-4/h5-8,10-12,14,18,29H,9,13H2,1-4H3,(H,26,28)(H,27,30)/b25-12-/t18-/m0/s1. The van der Waals surface area contributed by atoms with Gasteiger partial charge in [0.2, 0.25) is 0 Å². The van der Waals surface area contributed by atoms with Crippen molar-refractivity contribution >= 4 is 34.0 Å². The lowest BCUT2D eigenvalue weighted by Crippen LogP contribution is -2.47. The minimum absolute atomic E-state index is 0.0266. The SMILES string of the molecule is COc1cc(/C=N\NC(=O)[C@H](CC(C)C)NC(=O)COc2ccccc2C)cc(Br)c1O. The van der Waals surface area contributed by atoms with Crippen LogP contribution in [0.5, 0.6) is 17.2 Å². The van der Waals surface area contributed by atoms with Gasteiger partial charge in [0.15, 0.2) is 18.1 Å². The van der Waals surface area contributed by atoms with Gasteiger partial charge in [-0.3, -0.25) is 9.59 Å². The molecule has 0 aliphatic heterocycles. The van der Waals surface area contributed by atoms with E-state index < -0.39 is 17.9 Å². The van der Waals surface area contributed by atoms with Crippen molar-refractivity contribution in [2.24, 2.45) is 11.0 Å². The molecule has 0 saturated carbocycles. The number of amides is 2. The molecular formula is C23H28BrN3O5. The number of para-hydroxylation sites is 1. The first-order valence-electron chi connectivity index (χ1n) is 10.1. The number of hydrogen-bond donors (Lipinski definition) is 3. The van der Waals surface area contributed by atoms with Gasteiger partial charge in [0.25, 0.3) is 11.8 Å². The Labute approximate surface area is 196 Å². The van der Waals surface area contributed by atoms with E-state index in [9.17, 15) is 14.7 Å². The predicted molar refractivity (Wildman–Crippen MR) is 126 cm³/mol. The molecule has 2 rings (SSSR count). The van der Waals surface area contributed by atoms with Gasteiger partial charge in [0.05, 0.1) is 17.8 Å². The Morgan fingerprint density at radius 3 is 2.59 bits per heavy atom. The van der Waals surface area contributed by atoms with Crippen LogP contribution in [0.4, 0.5) is 0 Å². The maximum Gasteiger partial charge on any atom is 0.262 e. The second kappa shape index (κ2) is 12.1. The molecule has 0 fully saturated rings. The zero-order valence-corrected chi connectivity index (χ0v) is 20.1. The van der Waals surface area contributed by atoms with E-state index in [4.69, 9.17) is 9.47 Å². The molecule has 9 heteroatoms. The number of phenolic OH excluding ortho intramolecular Hbond substituents is 1. The lowest BCUT2D eigenvalue weighted by Gasteiger charge is -2.19. The van der Waals surface area contributed by atoms with E-state index in [1.54, 1.807) is 18.2 Å². The average molecular weight is 506 g/mol. The average Bonchev–Trinajstić information content (AvgIpc) is 2.74. The Hall–Kier alpha value is -3.07. The van der Waals surface area contributed by atoms with Crippen molar-refractivity contribution in [2.45, 2.75) is 33.2 Å². The number of rotatable bonds is 10. The number of methoxy groups -OCH3 is 1. The van der Waals surface area contributed by atoms with Crippen molar-refractivity contribution in [3.63, 3.8) is 0 Å². The summed E-state index contributed by atoms with van der Waals surface area (Å²) in [5.41, 5.74) is 3.97. The Bertz CT molecular complexity index is 978.